The number of hydrogen-bond acceptors (Lipinski definition) is 6. The number of methoxy groups -OCH3 is 1. The molecule has 0 saturated heterocycles. The Labute approximate surface area is 163 Å². The summed E-state index contributed by atoms with van der Waals surface area (Å²) in [6, 6.07) is 10.1. The molecule has 2 aromatic rings. The van der Waals surface area contributed by atoms with Gasteiger partial charge < -0.3 is 19.9 Å². The molecule has 0 saturated carbocycles. The summed E-state index contributed by atoms with van der Waals surface area (Å²) in [5.41, 5.74) is 1.52. The summed E-state index contributed by atoms with van der Waals surface area (Å²) >= 11 is 0. The zero-order valence-corrected chi connectivity index (χ0v) is 16.0. The fraction of sp³-hybridized carbons (Fsp3) is 0.300. The van der Waals surface area contributed by atoms with Crippen LogP contribution in [0.5, 0.6) is 0 Å². The number of likely N-dealkylation sites (N-methyl/N-ethyl adjacent to an activating group) is 1. The number of anilines is 3. The lowest BCUT2D eigenvalue weighted by Crippen LogP contribution is -2.44. The van der Waals surface area contributed by atoms with Crippen LogP contribution in [0.25, 0.3) is 0 Å². The van der Waals surface area contributed by atoms with E-state index in [9.17, 15) is 14.4 Å². The van der Waals surface area contributed by atoms with Gasteiger partial charge in [0.15, 0.2) is 0 Å². The first kappa shape index (κ1) is 19.3. The number of para-hydroxylation sites is 2. The molecule has 1 aliphatic rings. The van der Waals surface area contributed by atoms with Crippen LogP contribution in [-0.2, 0) is 14.3 Å². The largest absolute Gasteiger partial charge is 0.465 e. The Hall–Kier alpha value is -3.42. The third-order valence-electron chi connectivity index (χ3n) is 4.55. The SMILES string of the molecule is COC(=O)c1cccnc1N(C)CC(=O)N1c2ccccc2NC(=O)CC1C. The van der Waals surface area contributed by atoms with Crippen molar-refractivity contribution in [3.8, 4) is 0 Å². The molecule has 1 aliphatic heterocycles. The van der Waals surface area contributed by atoms with E-state index in [-0.39, 0.29) is 36.4 Å². The summed E-state index contributed by atoms with van der Waals surface area (Å²) < 4.78 is 4.79. The van der Waals surface area contributed by atoms with Crippen molar-refractivity contribution in [3.05, 3.63) is 48.2 Å². The summed E-state index contributed by atoms with van der Waals surface area (Å²) in [4.78, 5) is 44.7. The van der Waals surface area contributed by atoms with Crippen molar-refractivity contribution in [2.24, 2.45) is 0 Å². The lowest BCUT2D eigenvalue weighted by Gasteiger charge is -2.30. The minimum atomic E-state index is -0.523. The molecule has 8 heteroatoms. The quantitative estimate of drug-likeness (QED) is 0.814. The molecule has 2 heterocycles. The fourth-order valence-corrected chi connectivity index (χ4v) is 3.29. The van der Waals surface area contributed by atoms with Gasteiger partial charge in [-0.3, -0.25) is 9.59 Å². The average Bonchev–Trinajstić information content (AvgIpc) is 2.81. The predicted molar refractivity (Wildman–Crippen MR) is 105 cm³/mol. The third-order valence-corrected chi connectivity index (χ3v) is 4.55. The Morgan fingerprint density at radius 1 is 1.29 bits per heavy atom. The maximum atomic E-state index is 13.2. The number of carbonyl (C=O) groups is 3. The number of ether oxygens (including phenoxy) is 1. The van der Waals surface area contributed by atoms with E-state index in [0.29, 0.717) is 17.2 Å². The number of esters is 1. The summed E-state index contributed by atoms with van der Waals surface area (Å²) in [5.74, 6) is -0.514. The average molecular weight is 382 g/mol. The summed E-state index contributed by atoms with van der Waals surface area (Å²) in [7, 11) is 2.98. The molecule has 3 rings (SSSR count). The number of amides is 2. The van der Waals surface area contributed by atoms with Crippen LogP contribution in [0.4, 0.5) is 17.2 Å². The standard InChI is InChI=1S/C20H22N4O4/c1-13-11-17(25)22-15-8-4-5-9-16(15)24(13)18(26)12-23(2)19-14(20(27)28-3)7-6-10-21-19/h4-10,13H,11-12H2,1-3H3,(H,22,25). The number of rotatable bonds is 4. The molecule has 1 unspecified atom stereocenters. The van der Waals surface area contributed by atoms with E-state index in [4.69, 9.17) is 4.74 Å². The van der Waals surface area contributed by atoms with Crippen molar-refractivity contribution in [1.29, 1.82) is 0 Å². The third kappa shape index (κ3) is 3.80. The molecule has 0 radical (unpaired) electrons. The monoisotopic (exact) mass is 382 g/mol. The number of hydrogen-bond donors (Lipinski definition) is 1. The Morgan fingerprint density at radius 3 is 2.79 bits per heavy atom. The highest BCUT2D eigenvalue weighted by Gasteiger charge is 2.30. The number of nitrogens with zero attached hydrogens (tertiary/aromatic N) is 3. The van der Waals surface area contributed by atoms with Gasteiger partial charge >= 0.3 is 5.97 Å². The van der Waals surface area contributed by atoms with E-state index in [1.807, 2.05) is 13.0 Å². The summed E-state index contributed by atoms with van der Waals surface area (Å²) in [6.07, 6.45) is 1.75. The normalized spacial score (nSPS) is 15.9. The molecule has 0 aliphatic carbocycles. The number of benzene rings is 1. The lowest BCUT2D eigenvalue weighted by molar-refractivity contribution is -0.118. The molecular formula is C20H22N4O4. The Bertz CT molecular complexity index is 915. The molecule has 0 fully saturated rings. The molecule has 28 heavy (non-hydrogen) atoms. The minimum Gasteiger partial charge on any atom is -0.465 e. The second kappa shape index (κ2) is 8.08. The van der Waals surface area contributed by atoms with Crippen molar-refractivity contribution in [3.63, 3.8) is 0 Å². The number of aromatic nitrogens is 1. The first-order valence-corrected chi connectivity index (χ1v) is 8.87. The van der Waals surface area contributed by atoms with Gasteiger partial charge in [-0.1, -0.05) is 12.1 Å². The van der Waals surface area contributed by atoms with Gasteiger partial charge in [-0.25, -0.2) is 9.78 Å². The van der Waals surface area contributed by atoms with Crippen LogP contribution in [0, 0.1) is 0 Å². The van der Waals surface area contributed by atoms with Gasteiger partial charge in [0, 0.05) is 25.7 Å². The van der Waals surface area contributed by atoms with Crippen LogP contribution < -0.4 is 15.1 Å². The van der Waals surface area contributed by atoms with Gasteiger partial charge in [0.05, 0.1) is 25.0 Å². The second-order valence-corrected chi connectivity index (χ2v) is 6.60. The molecule has 0 bridgehead atoms. The summed E-state index contributed by atoms with van der Waals surface area (Å²) in [6.45, 7) is 1.81. The van der Waals surface area contributed by atoms with Crippen molar-refractivity contribution < 1.29 is 19.1 Å². The molecule has 2 amide bonds. The topological polar surface area (TPSA) is 91.8 Å². The van der Waals surface area contributed by atoms with Crippen molar-refractivity contribution in [1.82, 2.24) is 4.98 Å². The van der Waals surface area contributed by atoms with Crippen molar-refractivity contribution in [2.75, 3.05) is 35.8 Å². The zero-order chi connectivity index (χ0) is 20.3. The van der Waals surface area contributed by atoms with Crippen LogP contribution >= 0.6 is 0 Å². The number of carbonyl (C=O) groups excluding carboxylic acids is 3. The molecule has 146 valence electrons. The van der Waals surface area contributed by atoms with Crippen molar-refractivity contribution in [2.45, 2.75) is 19.4 Å². The smallest absolute Gasteiger partial charge is 0.341 e. The molecule has 1 N–H and O–H groups in total. The van der Waals surface area contributed by atoms with Gasteiger partial charge in [0.2, 0.25) is 11.8 Å². The highest BCUT2D eigenvalue weighted by Crippen LogP contribution is 2.31. The van der Waals surface area contributed by atoms with E-state index in [1.54, 1.807) is 53.4 Å². The maximum absolute atomic E-state index is 13.2. The Balaban J connectivity index is 1.89. The first-order chi connectivity index (χ1) is 13.4. The zero-order valence-electron chi connectivity index (χ0n) is 16.0. The molecule has 1 atom stereocenters. The van der Waals surface area contributed by atoms with Gasteiger partial charge in [0.1, 0.15) is 11.4 Å². The van der Waals surface area contributed by atoms with E-state index < -0.39 is 5.97 Å². The van der Waals surface area contributed by atoms with Gasteiger partial charge in [-0.05, 0) is 31.2 Å². The molecule has 1 aromatic heterocycles. The summed E-state index contributed by atoms with van der Waals surface area (Å²) in [5, 5.41) is 2.83. The van der Waals surface area contributed by atoms with E-state index in [2.05, 4.69) is 10.3 Å². The Kier molecular flexibility index (Phi) is 5.58. The Morgan fingerprint density at radius 2 is 2.04 bits per heavy atom. The van der Waals surface area contributed by atoms with Crippen LogP contribution in [0.15, 0.2) is 42.6 Å². The lowest BCUT2D eigenvalue weighted by atomic mass is 10.1. The van der Waals surface area contributed by atoms with E-state index in [0.717, 1.165) is 0 Å². The highest BCUT2D eigenvalue weighted by molar-refractivity contribution is 6.06. The van der Waals surface area contributed by atoms with Gasteiger partial charge in [0.25, 0.3) is 0 Å². The second-order valence-electron chi connectivity index (χ2n) is 6.60. The van der Waals surface area contributed by atoms with E-state index in [1.165, 1.54) is 7.11 Å². The maximum Gasteiger partial charge on any atom is 0.341 e. The highest BCUT2D eigenvalue weighted by atomic mass is 16.5. The molecule has 8 nitrogen and oxygen atoms in total. The fourth-order valence-electron chi connectivity index (χ4n) is 3.29. The first-order valence-electron chi connectivity index (χ1n) is 8.87. The van der Waals surface area contributed by atoms with Crippen LogP contribution in [-0.4, -0.2) is 49.5 Å². The molecular weight excluding hydrogens is 360 g/mol. The van der Waals surface area contributed by atoms with E-state index >= 15 is 0 Å². The van der Waals surface area contributed by atoms with Crippen LogP contribution in [0.1, 0.15) is 23.7 Å². The molecule has 0 spiro atoms. The van der Waals surface area contributed by atoms with Gasteiger partial charge in [-0.2, -0.15) is 0 Å². The number of nitrogens with one attached hydrogen (secondary N) is 1. The number of fused-ring (bicyclic) bond motifs is 1. The van der Waals surface area contributed by atoms with Gasteiger partial charge in [-0.15, -0.1) is 0 Å². The predicted octanol–water partition coefficient (Wildman–Crippen LogP) is 2.07. The number of pyridine rings is 1. The van der Waals surface area contributed by atoms with Crippen LogP contribution in [0.3, 0.4) is 0 Å². The van der Waals surface area contributed by atoms with Crippen LogP contribution in [0.2, 0.25) is 0 Å². The molecule has 1 aromatic carbocycles. The minimum absolute atomic E-state index is 0.0200. The van der Waals surface area contributed by atoms with Crippen molar-refractivity contribution >= 4 is 35.0 Å².